The number of nitrogens with zero attached hydrogens (tertiary/aromatic N) is 3. The van der Waals surface area contributed by atoms with E-state index < -0.39 is 10.0 Å². The number of fused-ring (bicyclic) bond motifs is 2. The average Bonchev–Trinajstić information content (AvgIpc) is 3.44. The number of carbonyl (C=O) groups excluding carboxylic acids is 2. The first-order chi connectivity index (χ1) is 19.7. The number of benzene rings is 2. The molecular weight excluding hydrogens is 612 g/mol. The maximum Gasteiger partial charge on any atom is 0.258 e. The summed E-state index contributed by atoms with van der Waals surface area (Å²) < 4.78 is 41.3. The van der Waals surface area contributed by atoms with Gasteiger partial charge in [-0.3, -0.25) is 9.59 Å². The van der Waals surface area contributed by atoms with Crippen LogP contribution in [0.2, 0.25) is 0 Å². The summed E-state index contributed by atoms with van der Waals surface area (Å²) in [5.41, 5.74) is 3.24. The average molecular weight is 646 g/mol. The van der Waals surface area contributed by atoms with Crippen LogP contribution in [0, 0.1) is 0 Å². The zero-order valence-corrected chi connectivity index (χ0v) is 25.5. The van der Waals surface area contributed by atoms with Crippen molar-refractivity contribution in [2.45, 2.75) is 24.8 Å². The fourth-order valence-electron chi connectivity index (χ4n) is 5.24. The van der Waals surface area contributed by atoms with Gasteiger partial charge in [0, 0.05) is 78.2 Å². The van der Waals surface area contributed by atoms with Gasteiger partial charge in [0.1, 0.15) is 6.54 Å². The zero-order valence-electron chi connectivity index (χ0n) is 23.1. The summed E-state index contributed by atoms with van der Waals surface area (Å²) in [7, 11) is -2.13. The third-order valence-electron chi connectivity index (χ3n) is 7.28. The molecule has 1 aromatic heterocycles. The smallest absolute Gasteiger partial charge is 0.258 e. The number of anilines is 1. The van der Waals surface area contributed by atoms with E-state index in [2.05, 4.69) is 21.2 Å². The number of ether oxygens (including phenoxy) is 2. The highest BCUT2D eigenvalue weighted by molar-refractivity contribution is 9.10. The van der Waals surface area contributed by atoms with Gasteiger partial charge in [-0.25, -0.2) is 8.42 Å². The van der Waals surface area contributed by atoms with Gasteiger partial charge in [-0.2, -0.15) is 4.31 Å². The molecule has 1 saturated heterocycles. The van der Waals surface area contributed by atoms with Gasteiger partial charge < -0.3 is 24.3 Å². The highest BCUT2D eigenvalue weighted by Crippen LogP contribution is 2.40. The molecule has 5 rings (SSSR count). The molecule has 41 heavy (non-hydrogen) atoms. The van der Waals surface area contributed by atoms with Gasteiger partial charge >= 0.3 is 0 Å². The van der Waals surface area contributed by atoms with Crippen LogP contribution in [-0.2, 0) is 35.6 Å². The van der Waals surface area contributed by atoms with Gasteiger partial charge in [-0.05, 0) is 55.8 Å². The molecule has 0 aliphatic carbocycles. The van der Waals surface area contributed by atoms with Crippen molar-refractivity contribution in [1.82, 2.24) is 14.2 Å². The van der Waals surface area contributed by atoms with Gasteiger partial charge in [-0.15, -0.1) is 0 Å². The molecular formula is C29H33BrN4O6S. The lowest BCUT2D eigenvalue weighted by molar-refractivity contribution is -0.121. The van der Waals surface area contributed by atoms with E-state index in [0.717, 1.165) is 27.4 Å². The molecule has 2 amide bonds. The molecule has 0 saturated carbocycles. The number of hydrogen-bond acceptors (Lipinski definition) is 6. The van der Waals surface area contributed by atoms with E-state index in [4.69, 9.17) is 9.47 Å². The third kappa shape index (κ3) is 5.98. The Bertz CT molecular complexity index is 1610. The Morgan fingerprint density at radius 3 is 2.68 bits per heavy atom. The standard InChI is InChI=1S/C29H33BrN4O6S/c1-3-34-27-8-6-22(41(37,38)33-10-13-40-14-11-33)17-24(27)25(29(34)36)15-20-18-32(19-28(35)31-9-4-12-39-2)26-7-5-21(30)16-23(20)26/h5-8,15-18H,3-4,9-14,19H2,1-2H3,(H,31,35). The predicted molar refractivity (Wildman–Crippen MR) is 161 cm³/mol. The zero-order chi connectivity index (χ0) is 29.1. The third-order valence-corrected chi connectivity index (χ3v) is 9.67. The molecule has 0 spiro atoms. The van der Waals surface area contributed by atoms with Gasteiger partial charge in [0.25, 0.3) is 5.91 Å². The van der Waals surface area contributed by atoms with E-state index in [1.54, 1.807) is 36.3 Å². The van der Waals surface area contributed by atoms with Crippen LogP contribution in [0.15, 0.2) is 52.0 Å². The van der Waals surface area contributed by atoms with E-state index in [0.29, 0.717) is 49.7 Å². The molecule has 1 N–H and O–H groups in total. The Kier molecular flexibility index (Phi) is 8.95. The molecule has 0 atom stereocenters. The molecule has 2 aromatic carbocycles. The normalized spacial score (nSPS) is 17.0. The topological polar surface area (TPSA) is 110 Å². The van der Waals surface area contributed by atoms with Crippen LogP contribution in [0.3, 0.4) is 0 Å². The van der Waals surface area contributed by atoms with Crippen LogP contribution in [0.4, 0.5) is 5.69 Å². The minimum atomic E-state index is -3.75. The second-order valence-corrected chi connectivity index (χ2v) is 12.7. The SMILES string of the molecule is CCN1C(=O)C(=Cc2cn(CC(=O)NCCCOC)c3ccc(Br)cc23)c2cc(S(=O)(=O)N3CCOCC3)ccc21. The van der Waals surface area contributed by atoms with Crippen molar-refractivity contribution in [3.63, 3.8) is 0 Å². The Morgan fingerprint density at radius 2 is 1.95 bits per heavy atom. The summed E-state index contributed by atoms with van der Waals surface area (Å²) in [5.74, 6) is -0.326. The molecule has 1 fully saturated rings. The highest BCUT2D eigenvalue weighted by Gasteiger charge is 2.34. The van der Waals surface area contributed by atoms with Crippen molar-refractivity contribution < 1.29 is 27.5 Å². The number of methoxy groups -OCH3 is 1. The number of likely N-dealkylation sites (N-methyl/N-ethyl adjacent to an activating group) is 1. The van der Waals surface area contributed by atoms with E-state index in [-0.39, 0.29) is 36.3 Å². The Labute approximate surface area is 248 Å². The molecule has 3 aromatic rings. The number of halogens is 1. The fourth-order valence-corrected chi connectivity index (χ4v) is 7.04. The van der Waals surface area contributed by atoms with Crippen LogP contribution in [0.25, 0.3) is 22.6 Å². The summed E-state index contributed by atoms with van der Waals surface area (Å²) in [6, 6.07) is 10.7. The van der Waals surface area contributed by atoms with Gasteiger partial charge in [0.2, 0.25) is 15.9 Å². The summed E-state index contributed by atoms with van der Waals surface area (Å²) in [6.45, 7) is 4.80. The quantitative estimate of drug-likeness (QED) is 0.267. The summed E-state index contributed by atoms with van der Waals surface area (Å²) in [5, 5.41) is 3.77. The maximum atomic E-state index is 13.6. The van der Waals surface area contributed by atoms with Crippen LogP contribution < -0.4 is 10.2 Å². The fraction of sp³-hybridized carbons (Fsp3) is 0.379. The summed E-state index contributed by atoms with van der Waals surface area (Å²) >= 11 is 3.54. The van der Waals surface area contributed by atoms with Crippen LogP contribution in [-0.4, -0.2) is 82.2 Å². The van der Waals surface area contributed by atoms with E-state index in [1.807, 2.05) is 35.9 Å². The van der Waals surface area contributed by atoms with Crippen molar-refractivity contribution in [1.29, 1.82) is 0 Å². The monoisotopic (exact) mass is 644 g/mol. The van der Waals surface area contributed by atoms with Crippen molar-refractivity contribution in [3.05, 3.63) is 58.2 Å². The van der Waals surface area contributed by atoms with E-state index >= 15 is 0 Å². The van der Waals surface area contributed by atoms with Crippen molar-refractivity contribution in [2.75, 3.05) is 58.0 Å². The lowest BCUT2D eigenvalue weighted by Crippen LogP contribution is -2.40. The molecule has 218 valence electrons. The lowest BCUT2D eigenvalue weighted by Gasteiger charge is -2.26. The Balaban J connectivity index is 1.54. The number of rotatable bonds is 10. The molecule has 3 heterocycles. The molecule has 10 nitrogen and oxygen atoms in total. The number of aromatic nitrogens is 1. The minimum Gasteiger partial charge on any atom is -0.385 e. The van der Waals surface area contributed by atoms with Crippen LogP contribution >= 0.6 is 15.9 Å². The van der Waals surface area contributed by atoms with Crippen molar-refractivity contribution in [3.8, 4) is 0 Å². The van der Waals surface area contributed by atoms with E-state index in [1.165, 1.54) is 4.31 Å². The Hall–Kier alpha value is -3.03. The molecule has 2 aliphatic rings. The first-order valence-electron chi connectivity index (χ1n) is 13.5. The van der Waals surface area contributed by atoms with E-state index in [9.17, 15) is 18.0 Å². The maximum absolute atomic E-state index is 13.6. The second kappa shape index (κ2) is 12.5. The first-order valence-corrected chi connectivity index (χ1v) is 15.8. The molecule has 0 bridgehead atoms. The molecule has 12 heteroatoms. The minimum absolute atomic E-state index is 0.113. The van der Waals surface area contributed by atoms with Gasteiger partial charge in [0.15, 0.2) is 0 Å². The number of hydrogen-bond donors (Lipinski definition) is 1. The van der Waals surface area contributed by atoms with Gasteiger partial charge in [-0.1, -0.05) is 15.9 Å². The number of morpholine rings is 1. The predicted octanol–water partition coefficient (Wildman–Crippen LogP) is 3.48. The van der Waals surface area contributed by atoms with Gasteiger partial charge in [0.05, 0.1) is 23.8 Å². The highest BCUT2D eigenvalue weighted by atomic mass is 79.9. The van der Waals surface area contributed by atoms with Crippen LogP contribution in [0.5, 0.6) is 0 Å². The molecule has 0 radical (unpaired) electrons. The number of nitrogens with one attached hydrogen (secondary N) is 1. The second-order valence-electron chi connectivity index (χ2n) is 9.87. The summed E-state index contributed by atoms with van der Waals surface area (Å²) in [6.07, 6.45) is 4.37. The number of amides is 2. The largest absolute Gasteiger partial charge is 0.385 e. The van der Waals surface area contributed by atoms with Crippen molar-refractivity contribution in [2.24, 2.45) is 0 Å². The van der Waals surface area contributed by atoms with Crippen LogP contribution in [0.1, 0.15) is 24.5 Å². The lowest BCUT2D eigenvalue weighted by atomic mass is 10.0. The molecule has 2 aliphatic heterocycles. The number of carbonyl (C=O) groups is 2. The number of sulfonamides is 1. The Morgan fingerprint density at radius 1 is 1.17 bits per heavy atom. The van der Waals surface area contributed by atoms with Crippen molar-refractivity contribution >= 4 is 66.0 Å². The molecule has 0 unspecified atom stereocenters. The summed E-state index contributed by atoms with van der Waals surface area (Å²) in [4.78, 5) is 28.1. The first kappa shape index (κ1) is 29.5.